The van der Waals surface area contributed by atoms with E-state index in [0.717, 1.165) is 6.42 Å². The molecule has 72 valence electrons. The van der Waals surface area contributed by atoms with E-state index in [1.165, 1.54) is 0 Å². The van der Waals surface area contributed by atoms with Gasteiger partial charge in [0.15, 0.2) is 0 Å². The Kier molecular flexibility index (Phi) is 3.06. The van der Waals surface area contributed by atoms with E-state index in [0.29, 0.717) is 5.69 Å². The number of rotatable bonds is 3. The Balaban J connectivity index is 2.58. The van der Waals surface area contributed by atoms with Gasteiger partial charge in [0.1, 0.15) is 0 Å². The predicted octanol–water partition coefficient (Wildman–Crippen LogP) is 1.51. The number of hydrogen-bond donors (Lipinski definition) is 1. The van der Waals surface area contributed by atoms with Crippen molar-refractivity contribution in [1.82, 2.24) is 10.5 Å². The van der Waals surface area contributed by atoms with Crippen LogP contribution in [0.3, 0.4) is 0 Å². The molecule has 0 spiro atoms. The zero-order chi connectivity index (χ0) is 9.84. The minimum Gasteiger partial charge on any atom is -0.351 e. The van der Waals surface area contributed by atoms with E-state index in [-0.39, 0.29) is 17.7 Å². The van der Waals surface area contributed by atoms with Gasteiger partial charge in [-0.1, -0.05) is 12.1 Å². The molecule has 0 fully saturated rings. The molecule has 13 heavy (non-hydrogen) atoms. The lowest BCUT2D eigenvalue weighted by Gasteiger charge is -2.08. The summed E-state index contributed by atoms with van der Waals surface area (Å²) < 4.78 is 4.81. The van der Waals surface area contributed by atoms with Gasteiger partial charge in [-0.05, 0) is 20.3 Å². The first kappa shape index (κ1) is 9.77. The fourth-order valence-electron chi connectivity index (χ4n) is 0.868. The summed E-state index contributed by atoms with van der Waals surface area (Å²) in [6.07, 6.45) is 0.902. The van der Waals surface area contributed by atoms with E-state index < -0.39 is 0 Å². The summed E-state index contributed by atoms with van der Waals surface area (Å²) in [5.74, 6) is 0.0766. The molecule has 0 aliphatic heterocycles. The third-order valence-corrected chi connectivity index (χ3v) is 1.84. The summed E-state index contributed by atoms with van der Waals surface area (Å²) in [6, 6.07) is 1.79. The van der Waals surface area contributed by atoms with Crippen molar-refractivity contribution in [3.63, 3.8) is 0 Å². The molecule has 0 aromatic carbocycles. The van der Waals surface area contributed by atoms with Crippen LogP contribution >= 0.6 is 0 Å². The van der Waals surface area contributed by atoms with Crippen LogP contribution in [0.2, 0.25) is 0 Å². The molecule has 1 N–H and O–H groups in total. The van der Waals surface area contributed by atoms with Gasteiger partial charge in [0.25, 0.3) is 5.91 Å². The van der Waals surface area contributed by atoms with Crippen molar-refractivity contribution >= 4 is 5.91 Å². The first-order valence-electron chi connectivity index (χ1n) is 4.37. The van der Waals surface area contributed by atoms with Crippen molar-refractivity contribution in [3.05, 3.63) is 17.5 Å². The summed E-state index contributed by atoms with van der Waals surface area (Å²) >= 11 is 0. The Morgan fingerprint density at radius 2 is 2.46 bits per heavy atom. The lowest BCUT2D eigenvalue weighted by molar-refractivity contribution is 0.0902. The molecule has 1 heterocycles. The number of hydrogen-bond acceptors (Lipinski definition) is 3. The van der Waals surface area contributed by atoms with Crippen molar-refractivity contribution in [1.29, 1.82) is 0 Å². The molecule has 1 rings (SSSR count). The number of aryl methyl sites for hydroxylation is 1. The SMILES string of the molecule is CC[C@@H](C)NC(=O)c1cc(C)no1. The Bertz CT molecular complexity index is 294. The minimum absolute atomic E-state index is 0.165. The zero-order valence-corrected chi connectivity index (χ0v) is 8.13. The van der Waals surface area contributed by atoms with Gasteiger partial charge in [0.2, 0.25) is 5.76 Å². The molecule has 0 saturated heterocycles. The van der Waals surface area contributed by atoms with Crippen molar-refractivity contribution in [2.45, 2.75) is 33.2 Å². The zero-order valence-electron chi connectivity index (χ0n) is 8.13. The van der Waals surface area contributed by atoms with Gasteiger partial charge in [-0.3, -0.25) is 4.79 Å². The average Bonchev–Trinajstić information content (AvgIpc) is 2.51. The van der Waals surface area contributed by atoms with Crippen LogP contribution in [0.15, 0.2) is 10.6 Å². The van der Waals surface area contributed by atoms with Crippen molar-refractivity contribution in [2.75, 3.05) is 0 Å². The molecule has 0 aliphatic carbocycles. The summed E-state index contributed by atoms with van der Waals surface area (Å²) in [4.78, 5) is 11.4. The number of nitrogens with one attached hydrogen (secondary N) is 1. The predicted molar refractivity (Wildman–Crippen MR) is 48.5 cm³/mol. The van der Waals surface area contributed by atoms with Gasteiger partial charge < -0.3 is 9.84 Å². The topological polar surface area (TPSA) is 55.1 Å². The van der Waals surface area contributed by atoms with Crippen LogP contribution in [0.5, 0.6) is 0 Å². The maximum Gasteiger partial charge on any atom is 0.290 e. The summed E-state index contributed by atoms with van der Waals surface area (Å²) in [5, 5.41) is 6.42. The van der Waals surface area contributed by atoms with Gasteiger partial charge in [0, 0.05) is 12.1 Å². The number of aromatic nitrogens is 1. The molecule has 1 atom stereocenters. The van der Waals surface area contributed by atoms with E-state index in [2.05, 4.69) is 10.5 Å². The van der Waals surface area contributed by atoms with E-state index in [1.807, 2.05) is 13.8 Å². The molecular weight excluding hydrogens is 168 g/mol. The molecule has 0 bridgehead atoms. The second-order valence-corrected chi connectivity index (χ2v) is 3.12. The minimum atomic E-state index is -0.199. The number of amides is 1. The Morgan fingerprint density at radius 3 is 2.92 bits per heavy atom. The summed E-state index contributed by atoms with van der Waals surface area (Å²) in [5.41, 5.74) is 0.717. The smallest absolute Gasteiger partial charge is 0.290 e. The number of carbonyl (C=O) groups is 1. The highest BCUT2D eigenvalue weighted by Crippen LogP contribution is 2.02. The van der Waals surface area contributed by atoms with Crippen molar-refractivity contribution in [2.24, 2.45) is 0 Å². The number of nitrogens with zero attached hydrogens (tertiary/aromatic N) is 1. The fourth-order valence-corrected chi connectivity index (χ4v) is 0.868. The van der Waals surface area contributed by atoms with Gasteiger partial charge in [-0.15, -0.1) is 0 Å². The van der Waals surface area contributed by atoms with E-state index in [1.54, 1.807) is 13.0 Å². The lowest BCUT2D eigenvalue weighted by Crippen LogP contribution is -2.31. The highest BCUT2D eigenvalue weighted by Gasteiger charge is 2.12. The van der Waals surface area contributed by atoms with Gasteiger partial charge in [0.05, 0.1) is 5.69 Å². The van der Waals surface area contributed by atoms with E-state index >= 15 is 0 Å². The highest BCUT2D eigenvalue weighted by atomic mass is 16.5. The molecule has 0 saturated carbocycles. The second-order valence-electron chi connectivity index (χ2n) is 3.12. The largest absolute Gasteiger partial charge is 0.351 e. The average molecular weight is 182 g/mol. The van der Waals surface area contributed by atoms with Crippen LogP contribution in [0.1, 0.15) is 36.5 Å². The molecule has 1 aromatic rings. The Hall–Kier alpha value is -1.32. The maximum atomic E-state index is 11.4. The molecular formula is C9H14N2O2. The molecule has 1 amide bonds. The molecule has 0 aliphatic rings. The Labute approximate surface area is 77.3 Å². The van der Waals surface area contributed by atoms with E-state index in [9.17, 15) is 4.79 Å². The van der Waals surface area contributed by atoms with Crippen LogP contribution < -0.4 is 5.32 Å². The van der Waals surface area contributed by atoms with Gasteiger partial charge in [-0.25, -0.2) is 0 Å². The van der Waals surface area contributed by atoms with Crippen LogP contribution in [-0.4, -0.2) is 17.1 Å². The monoisotopic (exact) mass is 182 g/mol. The van der Waals surface area contributed by atoms with Crippen LogP contribution in [0.4, 0.5) is 0 Å². The van der Waals surface area contributed by atoms with Crippen LogP contribution in [0, 0.1) is 6.92 Å². The van der Waals surface area contributed by atoms with Crippen molar-refractivity contribution in [3.8, 4) is 0 Å². The normalized spacial score (nSPS) is 12.5. The lowest BCUT2D eigenvalue weighted by atomic mass is 10.2. The van der Waals surface area contributed by atoms with Crippen molar-refractivity contribution < 1.29 is 9.32 Å². The second kappa shape index (κ2) is 4.07. The van der Waals surface area contributed by atoms with Gasteiger partial charge in [-0.2, -0.15) is 0 Å². The molecule has 1 aromatic heterocycles. The molecule has 0 unspecified atom stereocenters. The first-order chi connectivity index (χ1) is 6.13. The third-order valence-electron chi connectivity index (χ3n) is 1.84. The summed E-state index contributed by atoms with van der Waals surface area (Å²) in [6.45, 7) is 5.74. The van der Waals surface area contributed by atoms with E-state index in [4.69, 9.17) is 4.52 Å². The van der Waals surface area contributed by atoms with Gasteiger partial charge >= 0.3 is 0 Å². The molecule has 4 nitrogen and oxygen atoms in total. The third kappa shape index (κ3) is 2.57. The summed E-state index contributed by atoms with van der Waals surface area (Å²) in [7, 11) is 0. The highest BCUT2D eigenvalue weighted by molar-refractivity contribution is 5.91. The number of carbonyl (C=O) groups excluding carboxylic acids is 1. The quantitative estimate of drug-likeness (QED) is 0.770. The first-order valence-corrected chi connectivity index (χ1v) is 4.37. The molecule has 0 radical (unpaired) electrons. The fraction of sp³-hybridized carbons (Fsp3) is 0.556. The van der Waals surface area contributed by atoms with Crippen LogP contribution in [-0.2, 0) is 0 Å². The Morgan fingerprint density at radius 1 is 1.77 bits per heavy atom. The maximum absolute atomic E-state index is 11.4. The molecule has 4 heteroatoms. The van der Waals surface area contributed by atoms with Crippen LogP contribution in [0.25, 0.3) is 0 Å². The standard InChI is InChI=1S/C9H14N2O2/c1-4-6(2)10-9(12)8-5-7(3)11-13-8/h5-6H,4H2,1-3H3,(H,10,12)/t6-/m1/s1.